The highest BCUT2D eigenvalue weighted by molar-refractivity contribution is 5.61. The summed E-state index contributed by atoms with van der Waals surface area (Å²) >= 11 is 0. The molecule has 1 N–H and O–H groups in total. The minimum absolute atomic E-state index is 0.715. The first-order valence-corrected chi connectivity index (χ1v) is 10.1. The Kier molecular flexibility index (Phi) is 6.30. The molecule has 2 heterocycles. The summed E-state index contributed by atoms with van der Waals surface area (Å²) in [7, 11) is 2.07. The molecule has 4 rings (SSSR count). The first kappa shape index (κ1) is 19.6. The fourth-order valence-corrected chi connectivity index (χ4v) is 3.19. The van der Waals surface area contributed by atoms with E-state index in [2.05, 4.69) is 46.5 Å². The highest BCUT2D eigenvalue weighted by atomic mass is 15.2. The van der Waals surface area contributed by atoms with E-state index in [0.717, 1.165) is 36.0 Å². The minimum atomic E-state index is 0.715. The standard InChI is InChI=1S/C25H25N5/c1-30(17-14-20-12-15-26-16-13-20)24-18-23(27-19-21-8-4-2-5-9-21)28-25(29-24)22-10-6-3-7-11-22/h2-13,15-16,18H,14,17,19H2,1H3,(H,27,28,29). The van der Waals surface area contributed by atoms with Crippen LogP contribution in [0.2, 0.25) is 0 Å². The zero-order valence-electron chi connectivity index (χ0n) is 17.1. The summed E-state index contributed by atoms with van der Waals surface area (Å²) in [5.41, 5.74) is 3.48. The second kappa shape index (κ2) is 9.65. The lowest BCUT2D eigenvalue weighted by Gasteiger charge is -2.20. The fraction of sp³-hybridized carbons (Fsp3) is 0.160. The molecular formula is C25H25N5. The Bertz CT molecular complexity index is 1050. The Hall–Kier alpha value is -3.73. The Labute approximate surface area is 177 Å². The molecule has 2 aromatic carbocycles. The third-order valence-electron chi connectivity index (χ3n) is 4.94. The number of benzene rings is 2. The van der Waals surface area contributed by atoms with E-state index in [4.69, 9.17) is 9.97 Å². The topological polar surface area (TPSA) is 53.9 Å². The molecule has 0 saturated carbocycles. The van der Waals surface area contributed by atoms with E-state index in [9.17, 15) is 0 Å². The molecular weight excluding hydrogens is 370 g/mol. The second-order valence-electron chi connectivity index (χ2n) is 7.17. The molecule has 0 aliphatic rings. The fourth-order valence-electron chi connectivity index (χ4n) is 3.19. The van der Waals surface area contributed by atoms with Crippen LogP contribution in [-0.4, -0.2) is 28.5 Å². The largest absolute Gasteiger partial charge is 0.366 e. The molecule has 0 unspecified atom stereocenters. The maximum atomic E-state index is 4.83. The normalized spacial score (nSPS) is 10.6. The second-order valence-corrected chi connectivity index (χ2v) is 7.17. The molecule has 4 aromatic rings. The van der Waals surface area contributed by atoms with Gasteiger partial charge in [0.05, 0.1) is 0 Å². The van der Waals surface area contributed by atoms with Crippen LogP contribution in [0.4, 0.5) is 11.6 Å². The van der Waals surface area contributed by atoms with Crippen LogP contribution in [-0.2, 0) is 13.0 Å². The van der Waals surface area contributed by atoms with Crippen molar-refractivity contribution in [3.05, 3.63) is 102 Å². The number of aromatic nitrogens is 3. The summed E-state index contributed by atoms with van der Waals surface area (Å²) in [6.07, 6.45) is 4.59. The summed E-state index contributed by atoms with van der Waals surface area (Å²) in [6, 6.07) is 26.5. The lowest BCUT2D eigenvalue weighted by atomic mass is 10.2. The molecule has 0 bridgehead atoms. The van der Waals surface area contributed by atoms with Gasteiger partial charge in [0.25, 0.3) is 0 Å². The van der Waals surface area contributed by atoms with Gasteiger partial charge in [-0.05, 0) is 29.7 Å². The van der Waals surface area contributed by atoms with Crippen LogP contribution in [0.25, 0.3) is 11.4 Å². The summed E-state index contributed by atoms with van der Waals surface area (Å²) < 4.78 is 0. The number of anilines is 2. The van der Waals surface area contributed by atoms with Gasteiger partial charge in [0, 0.05) is 44.2 Å². The van der Waals surface area contributed by atoms with Crippen LogP contribution in [0, 0.1) is 0 Å². The van der Waals surface area contributed by atoms with E-state index < -0.39 is 0 Å². The Balaban J connectivity index is 1.56. The third-order valence-corrected chi connectivity index (χ3v) is 4.94. The molecule has 0 radical (unpaired) electrons. The molecule has 0 aliphatic carbocycles. The van der Waals surface area contributed by atoms with Crippen molar-refractivity contribution < 1.29 is 0 Å². The van der Waals surface area contributed by atoms with E-state index in [1.54, 1.807) is 0 Å². The zero-order valence-corrected chi connectivity index (χ0v) is 17.1. The van der Waals surface area contributed by atoms with Gasteiger partial charge in [0.2, 0.25) is 0 Å². The van der Waals surface area contributed by atoms with Crippen LogP contribution in [0.1, 0.15) is 11.1 Å². The number of rotatable bonds is 8. The molecule has 30 heavy (non-hydrogen) atoms. The SMILES string of the molecule is CN(CCc1ccncc1)c1cc(NCc2ccccc2)nc(-c2ccccc2)n1. The predicted octanol–water partition coefficient (Wildman–Crippen LogP) is 4.83. The molecule has 5 heteroatoms. The first-order chi connectivity index (χ1) is 14.8. The minimum Gasteiger partial charge on any atom is -0.366 e. The molecule has 0 amide bonds. The zero-order chi connectivity index (χ0) is 20.6. The van der Waals surface area contributed by atoms with E-state index in [1.807, 2.05) is 67.0 Å². The monoisotopic (exact) mass is 395 g/mol. The van der Waals surface area contributed by atoms with Crippen molar-refractivity contribution in [2.45, 2.75) is 13.0 Å². The van der Waals surface area contributed by atoms with Gasteiger partial charge >= 0.3 is 0 Å². The number of pyridine rings is 1. The Morgan fingerprint density at radius 2 is 1.50 bits per heavy atom. The van der Waals surface area contributed by atoms with Crippen molar-refractivity contribution in [1.29, 1.82) is 0 Å². The maximum Gasteiger partial charge on any atom is 0.163 e. The van der Waals surface area contributed by atoms with Crippen LogP contribution < -0.4 is 10.2 Å². The predicted molar refractivity (Wildman–Crippen MR) is 122 cm³/mol. The van der Waals surface area contributed by atoms with Gasteiger partial charge < -0.3 is 10.2 Å². The summed E-state index contributed by atoms with van der Waals surface area (Å²) in [6.45, 7) is 1.57. The first-order valence-electron chi connectivity index (χ1n) is 10.1. The number of hydrogen-bond acceptors (Lipinski definition) is 5. The Morgan fingerprint density at radius 3 is 2.23 bits per heavy atom. The van der Waals surface area contributed by atoms with E-state index in [0.29, 0.717) is 6.54 Å². The van der Waals surface area contributed by atoms with Crippen molar-refractivity contribution in [3.8, 4) is 11.4 Å². The lowest BCUT2D eigenvalue weighted by molar-refractivity contribution is 0.855. The van der Waals surface area contributed by atoms with Crippen molar-refractivity contribution >= 4 is 11.6 Å². The molecule has 0 aliphatic heterocycles. The van der Waals surface area contributed by atoms with Crippen LogP contribution in [0.5, 0.6) is 0 Å². The van der Waals surface area contributed by atoms with Gasteiger partial charge in [-0.1, -0.05) is 60.7 Å². The highest BCUT2D eigenvalue weighted by Gasteiger charge is 2.10. The number of nitrogens with zero attached hydrogens (tertiary/aromatic N) is 4. The molecule has 5 nitrogen and oxygen atoms in total. The summed E-state index contributed by atoms with van der Waals surface area (Å²) in [5.74, 6) is 2.44. The van der Waals surface area contributed by atoms with Gasteiger partial charge in [-0.2, -0.15) is 0 Å². The number of hydrogen-bond donors (Lipinski definition) is 1. The maximum absolute atomic E-state index is 4.83. The third kappa shape index (κ3) is 5.20. The lowest BCUT2D eigenvalue weighted by Crippen LogP contribution is -2.22. The van der Waals surface area contributed by atoms with Crippen LogP contribution >= 0.6 is 0 Å². The van der Waals surface area contributed by atoms with Crippen LogP contribution in [0.3, 0.4) is 0 Å². The molecule has 2 aromatic heterocycles. The van der Waals surface area contributed by atoms with Crippen molar-refractivity contribution in [2.24, 2.45) is 0 Å². The van der Waals surface area contributed by atoms with Gasteiger partial charge in [0.15, 0.2) is 5.82 Å². The molecule has 0 atom stereocenters. The van der Waals surface area contributed by atoms with Crippen molar-refractivity contribution in [2.75, 3.05) is 23.8 Å². The molecule has 150 valence electrons. The van der Waals surface area contributed by atoms with Gasteiger partial charge in [-0.15, -0.1) is 0 Å². The smallest absolute Gasteiger partial charge is 0.163 e. The highest BCUT2D eigenvalue weighted by Crippen LogP contribution is 2.22. The molecule has 0 spiro atoms. The van der Waals surface area contributed by atoms with E-state index >= 15 is 0 Å². The molecule has 0 fully saturated rings. The van der Waals surface area contributed by atoms with Crippen LogP contribution in [0.15, 0.2) is 91.3 Å². The average Bonchev–Trinajstić information content (AvgIpc) is 2.83. The average molecular weight is 396 g/mol. The number of nitrogens with one attached hydrogen (secondary N) is 1. The summed E-state index contributed by atoms with van der Waals surface area (Å²) in [4.78, 5) is 15.9. The molecule has 0 saturated heterocycles. The van der Waals surface area contributed by atoms with E-state index in [-0.39, 0.29) is 0 Å². The summed E-state index contributed by atoms with van der Waals surface area (Å²) in [5, 5.41) is 3.45. The van der Waals surface area contributed by atoms with Crippen molar-refractivity contribution in [3.63, 3.8) is 0 Å². The number of likely N-dealkylation sites (N-methyl/N-ethyl adjacent to an activating group) is 1. The Morgan fingerprint density at radius 1 is 0.800 bits per heavy atom. The van der Waals surface area contributed by atoms with E-state index in [1.165, 1.54) is 11.1 Å². The quantitative estimate of drug-likeness (QED) is 0.463. The van der Waals surface area contributed by atoms with Gasteiger partial charge in [-0.3, -0.25) is 4.98 Å². The van der Waals surface area contributed by atoms with Gasteiger partial charge in [0.1, 0.15) is 11.6 Å². The van der Waals surface area contributed by atoms with Crippen molar-refractivity contribution in [1.82, 2.24) is 15.0 Å². The van der Waals surface area contributed by atoms with Gasteiger partial charge in [-0.25, -0.2) is 9.97 Å².